The molecule has 10 heteroatoms. The van der Waals surface area contributed by atoms with Crippen molar-refractivity contribution in [3.05, 3.63) is 39.4 Å². The van der Waals surface area contributed by atoms with Gasteiger partial charge in [0, 0.05) is 26.1 Å². The first-order chi connectivity index (χ1) is 10.7. The molecule has 0 spiro atoms. The summed E-state index contributed by atoms with van der Waals surface area (Å²) < 4.78 is 9.92. The van der Waals surface area contributed by atoms with E-state index in [4.69, 9.17) is 16.3 Å². The van der Waals surface area contributed by atoms with E-state index in [2.05, 4.69) is 9.84 Å². The minimum absolute atomic E-state index is 0.126. The van der Waals surface area contributed by atoms with E-state index in [0.29, 0.717) is 12.0 Å². The van der Waals surface area contributed by atoms with Crippen LogP contribution in [0.5, 0.6) is 0 Å². The molecule has 0 saturated heterocycles. The molecule has 1 amide bonds. The molecule has 0 fully saturated rings. The van der Waals surface area contributed by atoms with Crippen LogP contribution >= 0.6 is 6.72 Å². The number of carbonyl (C=O) groups is 1. The monoisotopic (exact) mass is 362 g/mol. The summed E-state index contributed by atoms with van der Waals surface area (Å²) in [6.07, 6.45) is -0.492. The van der Waals surface area contributed by atoms with Crippen LogP contribution in [0.2, 0.25) is 0 Å². The van der Waals surface area contributed by atoms with Crippen LogP contribution in [0.15, 0.2) is 18.2 Å². The number of rotatable bonds is 8. The van der Waals surface area contributed by atoms with Gasteiger partial charge in [0.25, 0.3) is 5.69 Å². The lowest BCUT2D eigenvalue weighted by molar-refractivity contribution is -0.386. The number of nitro groups is 1. The maximum absolute atomic E-state index is 11.3. The molecule has 1 rings (SSSR count). The zero-order chi connectivity index (χ0) is 17.6. The Balaban J connectivity index is 3.08. The summed E-state index contributed by atoms with van der Waals surface area (Å²) in [7, 11) is 1.21. The lowest BCUT2D eigenvalue weighted by atomic mass is 10.0. The van der Waals surface area contributed by atoms with E-state index in [1.54, 1.807) is 19.1 Å². The largest absolute Gasteiger partial charge is 0.352 e. The van der Waals surface area contributed by atoms with Gasteiger partial charge in [-0.1, -0.05) is 13.0 Å². The molecule has 0 heterocycles. The van der Waals surface area contributed by atoms with Crippen molar-refractivity contribution in [1.82, 2.24) is 5.32 Å². The molecule has 0 radical (unpaired) electrons. The van der Waals surface area contributed by atoms with Gasteiger partial charge >= 0.3 is 6.72 Å². The van der Waals surface area contributed by atoms with Crippen molar-refractivity contribution in [2.45, 2.75) is 32.9 Å². The van der Waals surface area contributed by atoms with Crippen LogP contribution in [0.25, 0.3) is 0 Å². The van der Waals surface area contributed by atoms with E-state index in [0.717, 1.165) is 0 Å². The zero-order valence-electron chi connectivity index (χ0n) is 13.0. The number of hydrogen-bond acceptors (Lipinski definition) is 6. The Morgan fingerprint density at radius 1 is 1.57 bits per heavy atom. The topological polar surface area (TPSA) is 111 Å². The molecule has 0 saturated carbocycles. The maximum atomic E-state index is 11.3. The number of nitrogens with zero attached hydrogens (tertiary/aromatic N) is 1. The molecule has 0 aliphatic carbocycles. The van der Waals surface area contributed by atoms with Gasteiger partial charge in [-0.25, -0.2) is 0 Å². The van der Waals surface area contributed by atoms with Crippen molar-refractivity contribution in [3.63, 3.8) is 0 Å². The number of benzene rings is 1. The first kappa shape index (κ1) is 19.7. The Morgan fingerprint density at radius 3 is 2.74 bits per heavy atom. The summed E-state index contributed by atoms with van der Waals surface area (Å²) in [5.74, 6) is -0.126. The zero-order valence-corrected chi connectivity index (χ0v) is 14.7. The van der Waals surface area contributed by atoms with Crippen molar-refractivity contribution in [2.75, 3.05) is 7.11 Å². The fraction of sp³-hybridized carbons (Fsp3) is 0.462. The SMILES string of the molecule is CCC(=O)NCc1ccc([N+](=O)[O-])c(C(C)OP(O)(=S)OC)c1. The van der Waals surface area contributed by atoms with Gasteiger partial charge in [0.2, 0.25) is 5.91 Å². The summed E-state index contributed by atoms with van der Waals surface area (Å²) in [6.45, 7) is 0.0452. The van der Waals surface area contributed by atoms with Crippen LogP contribution in [-0.4, -0.2) is 22.8 Å². The molecule has 2 atom stereocenters. The Hall–Kier alpha value is -1.38. The quantitative estimate of drug-likeness (QED) is 0.415. The third kappa shape index (κ3) is 5.96. The number of hydrogen-bond donors (Lipinski definition) is 2. The van der Waals surface area contributed by atoms with Crippen molar-refractivity contribution >= 4 is 30.1 Å². The van der Waals surface area contributed by atoms with E-state index in [1.807, 2.05) is 0 Å². The third-order valence-corrected chi connectivity index (χ3v) is 4.81. The smallest absolute Gasteiger partial charge is 0.324 e. The first-order valence-electron chi connectivity index (χ1n) is 6.81. The third-order valence-electron chi connectivity index (χ3n) is 3.06. The Morgan fingerprint density at radius 2 is 2.22 bits per heavy atom. The van der Waals surface area contributed by atoms with Crippen LogP contribution in [0.3, 0.4) is 0 Å². The lowest BCUT2D eigenvalue weighted by Crippen LogP contribution is -2.21. The molecule has 8 nitrogen and oxygen atoms in total. The summed E-state index contributed by atoms with van der Waals surface area (Å²) in [5, 5.41) is 13.8. The molecule has 0 aliphatic heterocycles. The van der Waals surface area contributed by atoms with Gasteiger partial charge in [0.15, 0.2) is 0 Å². The second kappa shape index (κ2) is 8.47. The average Bonchev–Trinajstić information content (AvgIpc) is 2.51. The molecular formula is C13H19N2O6PS. The summed E-state index contributed by atoms with van der Waals surface area (Å²) in [4.78, 5) is 31.6. The summed E-state index contributed by atoms with van der Waals surface area (Å²) in [5.41, 5.74) is 0.763. The van der Waals surface area contributed by atoms with Crippen molar-refractivity contribution in [3.8, 4) is 0 Å². The van der Waals surface area contributed by atoms with Crippen LogP contribution < -0.4 is 5.32 Å². The van der Waals surface area contributed by atoms with Gasteiger partial charge in [-0.2, -0.15) is 0 Å². The second-order valence-corrected chi connectivity index (χ2v) is 7.58. The molecule has 1 aromatic carbocycles. The van der Waals surface area contributed by atoms with E-state index < -0.39 is 17.7 Å². The molecule has 2 unspecified atom stereocenters. The lowest BCUT2D eigenvalue weighted by Gasteiger charge is -2.19. The van der Waals surface area contributed by atoms with Crippen LogP contribution in [0.1, 0.15) is 37.5 Å². The van der Waals surface area contributed by atoms with Gasteiger partial charge in [0.1, 0.15) is 0 Å². The highest BCUT2D eigenvalue weighted by Crippen LogP contribution is 2.48. The predicted octanol–water partition coefficient (Wildman–Crippen LogP) is 2.56. The number of carbonyl (C=O) groups excluding carboxylic acids is 1. The standard InChI is InChI=1S/C13H19N2O6PS/c1-4-13(16)14-8-10-5-6-12(15(17)18)11(7-10)9(2)21-22(19,23)20-3/h5-7,9H,4,8H2,1-3H3,(H,14,16)(H,19,23). The van der Waals surface area contributed by atoms with Gasteiger partial charge in [0.05, 0.1) is 16.6 Å². The maximum Gasteiger partial charge on any atom is 0.324 e. The number of nitro benzene ring substituents is 1. The van der Waals surface area contributed by atoms with Crippen molar-refractivity contribution < 1.29 is 23.7 Å². The Labute approximate surface area is 139 Å². The van der Waals surface area contributed by atoms with E-state index in [1.165, 1.54) is 20.1 Å². The minimum Gasteiger partial charge on any atom is -0.352 e. The van der Waals surface area contributed by atoms with E-state index in [-0.39, 0.29) is 23.7 Å². The molecule has 1 aromatic rings. The van der Waals surface area contributed by atoms with Crippen molar-refractivity contribution in [2.24, 2.45) is 0 Å². The minimum atomic E-state index is -3.46. The Bertz CT molecular complexity index is 639. The van der Waals surface area contributed by atoms with Crippen LogP contribution in [0, 0.1) is 10.1 Å². The summed E-state index contributed by atoms with van der Waals surface area (Å²) >= 11 is 4.76. The van der Waals surface area contributed by atoms with Crippen LogP contribution in [0.4, 0.5) is 5.69 Å². The van der Waals surface area contributed by atoms with Gasteiger partial charge in [-0.15, -0.1) is 0 Å². The molecule has 0 aromatic heterocycles. The molecule has 0 aliphatic rings. The second-order valence-electron chi connectivity index (χ2n) is 4.68. The fourth-order valence-corrected chi connectivity index (χ4v) is 2.82. The van der Waals surface area contributed by atoms with E-state index in [9.17, 15) is 19.8 Å². The molecule has 0 bridgehead atoms. The van der Waals surface area contributed by atoms with Gasteiger partial charge in [-0.05, 0) is 30.4 Å². The highest BCUT2D eigenvalue weighted by molar-refractivity contribution is 8.07. The normalized spacial score (nSPS) is 14.8. The fourth-order valence-electron chi connectivity index (χ4n) is 1.83. The predicted molar refractivity (Wildman–Crippen MR) is 88.2 cm³/mol. The van der Waals surface area contributed by atoms with Crippen molar-refractivity contribution in [1.29, 1.82) is 0 Å². The molecule has 2 N–H and O–H groups in total. The highest BCUT2D eigenvalue weighted by Gasteiger charge is 2.25. The first-order valence-corrected chi connectivity index (χ1v) is 9.40. The number of amides is 1. The highest BCUT2D eigenvalue weighted by atomic mass is 32.5. The van der Waals surface area contributed by atoms with Gasteiger partial charge in [-0.3, -0.25) is 14.9 Å². The van der Waals surface area contributed by atoms with Gasteiger partial charge < -0.3 is 19.3 Å². The Kier molecular flexibility index (Phi) is 7.24. The molecule has 128 valence electrons. The average molecular weight is 362 g/mol. The molecular weight excluding hydrogens is 343 g/mol. The molecule has 23 heavy (non-hydrogen) atoms. The number of nitrogens with one attached hydrogen (secondary N) is 1. The summed E-state index contributed by atoms with van der Waals surface area (Å²) in [6, 6.07) is 4.43. The van der Waals surface area contributed by atoms with E-state index >= 15 is 0 Å². The van der Waals surface area contributed by atoms with Crippen LogP contribution in [-0.2, 0) is 32.2 Å².